The van der Waals surface area contributed by atoms with Crippen molar-refractivity contribution in [2.45, 2.75) is 6.92 Å². The number of aryl methyl sites for hydroxylation is 1. The van der Waals surface area contributed by atoms with Gasteiger partial charge < -0.3 is 5.32 Å². The first-order valence-electron chi connectivity index (χ1n) is 5.44. The molecular weight excluding hydrogens is 310 g/mol. The van der Waals surface area contributed by atoms with Gasteiger partial charge in [-0.1, -0.05) is 12.1 Å². The van der Waals surface area contributed by atoms with Gasteiger partial charge in [0, 0.05) is 15.4 Å². The van der Waals surface area contributed by atoms with Gasteiger partial charge in [0.1, 0.15) is 0 Å². The first-order chi connectivity index (χ1) is 8.65. The van der Waals surface area contributed by atoms with Crippen molar-refractivity contribution >= 4 is 44.9 Å². The number of hydrogen-bond acceptors (Lipinski definition) is 2. The molecule has 1 N–H and O–H groups in total. The Bertz CT molecular complexity index is 575. The number of carbonyl (C=O) groups excluding carboxylic acids is 1. The highest BCUT2D eigenvalue weighted by Crippen LogP contribution is 2.23. The average molecular weight is 322 g/mol. The van der Waals surface area contributed by atoms with E-state index in [1.54, 1.807) is 11.3 Å². The predicted octanol–water partition coefficient (Wildman–Crippen LogP) is 4.47. The van der Waals surface area contributed by atoms with E-state index in [4.69, 9.17) is 0 Å². The topological polar surface area (TPSA) is 29.1 Å². The van der Waals surface area contributed by atoms with E-state index >= 15 is 0 Å². The molecule has 0 aliphatic carbocycles. The zero-order valence-electron chi connectivity index (χ0n) is 9.81. The Morgan fingerprint density at radius 2 is 2.22 bits per heavy atom. The maximum atomic E-state index is 11.7. The summed E-state index contributed by atoms with van der Waals surface area (Å²) in [6.45, 7) is 2.01. The van der Waals surface area contributed by atoms with Crippen molar-refractivity contribution in [1.29, 1.82) is 0 Å². The normalized spacial score (nSPS) is 10.8. The minimum atomic E-state index is -0.132. The van der Waals surface area contributed by atoms with Gasteiger partial charge in [0.25, 0.3) is 0 Å². The second-order valence-electron chi connectivity index (χ2n) is 3.82. The van der Waals surface area contributed by atoms with Gasteiger partial charge in [-0.2, -0.15) is 0 Å². The minimum absolute atomic E-state index is 0.132. The van der Waals surface area contributed by atoms with E-state index in [1.165, 1.54) is 6.08 Å². The molecule has 1 aromatic heterocycles. The molecule has 0 bridgehead atoms. The molecule has 0 radical (unpaired) electrons. The molecule has 18 heavy (non-hydrogen) atoms. The van der Waals surface area contributed by atoms with E-state index in [1.807, 2.05) is 48.7 Å². The smallest absolute Gasteiger partial charge is 0.248 e. The first-order valence-corrected chi connectivity index (χ1v) is 7.11. The monoisotopic (exact) mass is 321 g/mol. The Morgan fingerprint density at radius 3 is 2.89 bits per heavy atom. The van der Waals surface area contributed by atoms with E-state index in [9.17, 15) is 4.79 Å². The Labute approximate surface area is 118 Å². The Morgan fingerprint density at radius 1 is 1.39 bits per heavy atom. The maximum Gasteiger partial charge on any atom is 0.248 e. The van der Waals surface area contributed by atoms with Gasteiger partial charge in [-0.15, -0.1) is 11.3 Å². The van der Waals surface area contributed by atoms with E-state index in [2.05, 4.69) is 21.2 Å². The first kappa shape index (κ1) is 13.1. The van der Waals surface area contributed by atoms with Crippen LogP contribution < -0.4 is 5.32 Å². The van der Waals surface area contributed by atoms with Crippen LogP contribution in [-0.2, 0) is 4.79 Å². The Hall–Kier alpha value is -1.39. The van der Waals surface area contributed by atoms with Crippen LogP contribution in [0.3, 0.4) is 0 Å². The van der Waals surface area contributed by atoms with Crippen LogP contribution in [0.25, 0.3) is 6.08 Å². The van der Waals surface area contributed by atoms with Crippen molar-refractivity contribution < 1.29 is 4.79 Å². The second kappa shape index (κ2) is 5.98. The summed E-state index contributed by atoms with van der Waals surface area (Å²) in [7, 11) is 0. The molecule has 1 heterocycles. The Balaban J connectivity index is 2.03. The molecule has 0 aliphatic rings. The van der Waals surface area contributed by atoms with E-state index in [-0.39, 0.29) is 5.91 Å². The van der Waals surface area contributed by atoms with Crippen LogP contribution in [0.4, 0.5) is 5.69 Å². The Kier molecular flexibility index (Phi) is 4.33. The maximum absolute atomic E-state index is 11.7. The van der Waals surface area contributed by atoms with Crippen molar-refractivity contribution in [2.24, 2.45) is 0 Å². The highest BCUT2D eigenvalue weighted by molar-refractivity contribution is 9.10. The third-order valence-corrected chi connectivity index (χ3v) is 3.82. The molecule has 1 aromatic carbocycles. The van der Waals surface area contributed by atoms with Crippen molar-refractivity contribution in [1.82, 2.24) is 0 Å². The van der Waals surface area contributed by atoms with Crippen molar-refractivity contribution in [3.63, 3.8) is 0 Å². The third kappa shape index (κ3) is 3.55. The van der Waals surface area contributed by atoms with Crippen LogP contribution in [0.15, 0.2) is 46.3 Å². The van der Waals surface area contributed by atoms with Crippen LogP contribution in [-0.4, -0.2) is 5.91 Å². The molecule has 1 amide bonds. The molecule has 2 aromatic rings. The zero-order valence-corrected chi connectivity index (χ0v) is 12.2. The van der Waals surface area contributed by atoms with Gasteiger partial charge >= 0.3 is 0 Å². The minimum Gasteiger partial charge on any atom is -0.321 e. The summed E-state index contributed by atoms with van der Waals surface area (Å²) in [4.78, 5) is 12.8. The molecule has 0 aliphatic heterocycles. The van der Waals surface area contributed by atoms with E-state index in [0.717, 1.165) is 20.6 Å². The number of thiophene rings is 1. The number of anilines is 1. The molecular formula is C14H12BrNOS. The number of amides is 1. The number of benzene rings is 1. The van der Waals surface area contributed by atoms with Crippen molar-refractivity contribution in [3.05, 3.63) is 56.7 Å². The highest BCUT2D eigenvalue weighted by Gasteiger charge is 2.02. The lowest BCUT2D eigenvalue weighted by Crippen LogP contribution is -2.08. The lowest BCUT2D eigenvalue weighted by atomic mass is 10.2. The molecule has 0 spiro atoms. The van der Waals surface area contributed by atoms with Crippen molar-refractivity contribution in [2.75, 3.05) is 5.32 Å². The summed E-state index contributed by atoms with van der Waals surface area (Å²) in [5.74, 6) is -0.132. The predicted molar refractivity (Wildman–Crippen MR) is 80.9 cm³/mol. The van der Waals surface area contributed by atoms with Crippen molar-refractivity contribution in [3.8, 4) is 0 Å². The fourth-order valence-electron chi connectivity index (χ4n) is 1.44. The summed E-state index contributed by atoms with van der Waals surface area (Å²) in [6, 6.07) is 9.74. The van der Waals surface area contributed by atoms with Gasteiger partial charge in [-0.05, 0) is 58.1 Å². The van der Waals surface area contributed by atoms with Crippen LogP contribution in [0.1, 0.15) is 10.4 Å². The molecule has 2 rings (SSSR count). The highest BCUT2D eigenvalue weighted by atomic mass is 79.9. The van der Waals surface area contributed by atoms with Crippen LogP contribution in [0.2, 0.25) is 0 Å². The molecule has 0 atom stereocenters. The molecule has 92 valence electrons. The quantitative estimate of drug-likeness (QED) is 0.830. The van der Waals surface area contributed by atoms with Crippen LogP contribution in [0.5, 0.6) is 0 Å². The number of rotatable bonds is 3. The molecule has 2 nitrogen and oxygen atoms in total. The van der Waals surface area contributed by atoms with Gasteiger partial charge in [0.2, 0.25) is 5.91 Å². The molecule has 4 heteroatoms. The summed E-state index contributed by atoms with van der Waals surface area (Å²) >= 11 is 5.03. The lowest BCUT2D eigenvalue weighted by molar-refractivity contribution is -0.111. The zero-order chi connectivity index (χ0) is 13.0. The molecule has 0 saturated heterocycles. The lowest BCUT2D eigenvalue weighted by Gasteiger charge is -2.05. The largest absolute Gasteiger partial charge is 0.321 e. The summed E-state index contributed by atoms with van der Waals surface area (Å²) < 4.78 is 0.889. The van der Waals surface area contributed by atoms with Crippen LogP contribution >= 0.6 is 27.3 Å². The van der Waals surface area contributed by atoms with E-state index < -0.39 is 0 Å². The number of nitrogens with one attached hydrogen (secondary N) is 1. The fraction of sp³-hybridized carbons (Fsp3) is 0.0714. The summed E-state index contributed by atoms with van der Waals surface area (Å²) in [5, 5.41) is 4.81. The van der Waals surface area contributed by atoms with Crippen LogP contribution in [0, 0.1) is 6.92 Å². The van der Waals surface area contributed by atoms with Gasteiger partial charge in [0.15, 0.2) is 0 Å². The second-order valence-corrected chi connectivity index (χ2v) is 5.65. The van der Waals surface area contributed by atoms with Gasteiger partial charge in [-0.25, -0.2) is 0 Å². The summed E-state index contributed by atoms with van der Waals surface area (Å²) in [6.07, 6.45) is 3.35. The van der Waals surface area contributed by atoms with E-state index in [0.29, 0.717) is 0 Å². The molecule has 0 saturated carbocycles. The summed E-state index contributed by atoms with van der Waals surface area (Å²) in [5.41, 5.74) is 1.93. The number of hydrogen-bond donors (Lipinski definition) is 1. The molecule has 0 fully saturated rings. The SMILES string of the molecule is Cc1ccc(NC(=O)/C=C/c2cccs2)c(Br)c1. The molecule has 0 unspecified atom stereocenters. The van der Waals surface area contributed by atoms with Gasteiger partial charge in [-0.3, -0.25) is 4.79 Å². The van der Waals surface area contributed by atoms with Gasteiger partial charge in [0.05, 0.1) is 5.69 Å². The third-order valence-electron chi connectivity index (χ3n) is 2.32. The average Bonchev–Trinajstić information content (AvgIpc) is 2.83. The number of carbonyl (C=O) groups is 1. The standard InChI is InChI=1S/C14H12BrNOS/c1-10-4-6-13(12(15)9-10)16-14(17)7-5-11-3-2-8-18-11/h2-9H,1H3,(H,16,17)/b7-5+. The number of halogens is 1. The fourth-order valence-corrected chi connectivity index (χ4v) is 2.65.